The Morgan fingerprint density at radius 1 is 1.31 bits per heavy atom. The first-order chi connectivity index (χ1) is 15.0. The van der Waals surface area contributed by atoms with E-state index in [0.717, 1.165) is 6.26 Å². The zero-order valence-corrected chi connectivity index (χ0v) is 19.3. The molecule has 1 aliphatic rings. The Bertz CT molecular complexity index is 1080. The second-order valence-corrected chi connectivity index (χ2v) is 10.3. The molecule has 0 saturated heterocycles. The highest BCUT2D eigenvalue weighted by molar-refractivity contribution is 7.88. The van der Waals surface area contributed by atoms with Crippen molar-refractivity contribution in [3.8, 4) is 17.0 Å². The number of hydrogen-bond acceptors (Lipinski definition) is 6. The summed E-state index contributed by atoms with van der Waals surface area (Å²) in [7, 11) is -1.97. The Balaban J connectivity index is 2.06. The van der Waals surface area contributed by atoms with Gasteiger partial charge < -0.3 is 14.7 Å². The quantitative estimate of drug-likeness (QED) is 0.701. The molecule has 32 heavy (non-hydrogen) atoms. The molecule has 0 fully saturated rings. The van der Waals surface area contributed by atoms with Gasteiger partial charge in [0, 0.05) is 31.3 Å². The molecular formula is C22H28FN3O5S. The summed E-state index contributed by atoms with van der Waals surface area (Å²) in [5, 5.41) is 9.71. The second kappa shape index (κ2) is 9.51. The molecule has 10 heteroatoms. The first kappa shape index (κ1) is 24.1. The molecule has 1 aromatic carbocycles. The molecule has 174 valence electrons. The van der Waals surface area contributed by atoms with Gasteiger partial charge in [0.15, 0.2) is 0 Å². The average molecular weight is 466 g/mol. The van der Waals surface area contributed by atoms with Crippen LogP contribution < -0.4 is 4.74 Å². The number of nitrogens with zero attached hydrogens (tertiary/aromatic N) is 3. The van der Waals surface area contributed by atoms with Gasteiger partial charge in [-0.2, -0.15) is 0 Å². The molecule has 1 aliphatic heterocycles. The molecule has 3 atom stereocenters. The van der Waals surface area contributed by atoms with Gasteiger partial charge in [-0.1, -0.05) is 19.1 Å². The highest BCUT2D eigenvalue weighted by Crippen LogP contribution is 2.30. The minimum Gasteiger partial charge on any atom is -0.472 e. The van der Waals surface area contributed by atoms with Crippen molar-refractivity contribution in [3.05, 3.63) is 47.9 Å². The van der Waals surface area contributed by atoms with Crippen molar-refractivity contribution < 1.29 is 27.4 Å². The molecule has 0 radical (unpaired) electrons. The van der Waals surface area contributed by atoms with E-state index in [1.54, 1.807) is 30.0 Å². The normalized spacial score (nSPS) is 20.3. The third-order valence-electron chi connectivity index (χ3n) is 5.70. The number of pyridine rings is 1. The third kappa shape index (κ3) is 5.25. The number of fused-ring (bicyclic) bond motifs is 1. The van der Waals surface area contributed by atoms with E-state index in [2.05, 4.69) is 4.98 Å². The number of sulfonamides is 1. The van der Waals surface area contributed by atoms with E-state index in [1.807, 2.05) is 6.92 Å². The van der Waals surface area contributed by atoms with Crippen LogP contribution in [0.15, 0.2) is 36.5 Å². The van der Waals surface area contributed by atoms with Crippen molar-refractivity contribution in [2.45, 2.75) is 26.0 Å². The van der Waals surface area contributed by atoms with Gasteiger partial charge in [0.05, 0.1) is 25.4 Å². The van der Waals surface area contributed by atoms with Crippen LogP contribution in [-0.4, -0.2) is 78.8 Å². The third-order valence-corrected chi connectivity index (χ3v) is 6.98. The van der Waals surface area contributed by atoms with Crippen LogP contribution in [0.2, 0.25) is 0 Å². The molecule has 3 rings (SSSR count). The van der Waals surface area contributed by atoms with E-state index < -0.39 is 22.2 Å². The molecule has 0 bridgehead atoms. The fraction of sp³-hybridized carbons (Fsp3) is 0.455. The number of aliphatic hydroxyl groups is 1. The van der Waals surface area contributed by atoms with Crippen LogP contribution in [0.4, 0.5) is 4.39 Å². The minimum atomic E-state index is -3.43. The number of aromatic nitrogens is 1. The number of benzene rings is 1. The standard InChI is InChI=1S/C22H28FN3O5S/c1-14-11-26(15(2)13-27)22(28)19-9-17(16-5-7-18(23)8-6-16)10-24-21(19)31-20(14)12-25(3)32(4,29)30/h5-10,14-15,20,27H,11-13H2,1-4H3/t14-,15+,20+/m0/s1. The smallest absolute Gasteiger partial charge is 0.259 e. The Morgan fingerprint density at radius 3 is 2.56 bits per heavy atom. The Kier molecular flexibility index (Phi) is 7.16. The maximum absolute atomic E-state index is 13.4. The molecule has 0 aliphatic carbocycles. The highest BCUT2D eigenvalue weighted by atomic mass is 32.2. The Labute approximate surface area is 187 Å². The van der Waals surface area contributed by atoms with Gasteiger partial charge in [0.1, 0.15) is 17.5 Å². The van der Waals surface area contributed by atoms with Crippen LogP contribution in [0.25, 0.3) is 11.1 Å². The lowest BCUT2D eigenvalue weighted by molar-refractivity contribution is 0.0374. The highest BCUT2D eigenvalue weighted by Gasteiger charge is 2.35. The zero-order chi connectivity index (χ0) is 23.6. The van der Waals surface area contributed by atoms with Gasteiger partial charge >= 0.3 is 0 Å². The summed E-state index contributed by atoms with van der Waals surface area (Å²) < 4.78 is 44.5. The van der Waals surface area contributed by atoms with Gasteiger partial charge in [-0.25, -0.2) is 22.1 Å². The molecule has 1 aromatic heterocycles. The van der Waals surface area contributed by atoms with E-state index in [-0.39, 0.29) is 48.8 Å². The Morgan fingerprint density at radius 2 is 1.97 bits per heavy atom. The molecule has 0 saturated carbocycles. The maximum Gasteiger partial charge on any atom is 0.259 e. The number of hydrogen-bond donors (Lipinski definition) is 1. The van der Waals surface area contributed by atoms with Gasteiger partial charge in [-0.15, -0.1) is 0 Å². The van der Waals surface area contributed by atoms with Crippen molar-refractivity contribution in [3.63, 3.8) is 0 Å². The molecule has 2 heterocycles. The van der Waals surface area contributed by atoms with E-state index in [4.69, 9.17) is 4.74 Å². The fourth-order valence-electron chi connectivity index (χ4n) is 3.51. The van der Waals surface area contributed by atoms with Crippen LogP contribution >= 0.6 is 0 Å². The monoisotopic (exact) mass is 465 g/mol. The number of rotatable bonds is 6. The summed E-state index contributed by atoms with van der Waals surface area (Å²) in [6.45, 7) is 3.72. The van der Waals surface area contributed by atoms with Crippen molar-refractivity contribution in [1.29, 1.82) is 0 Å². The van der Waals surface area contributed by atoms with Crippen molar-refractivity contribution >= 4 is 15.9 Å². The summed E-state index contributed by atoms with van der Waals surface area (Å²) in [4.78, 5) is 19.3. The van der Waals surface area contributed by atoms with Crippen molar-refractivity contribution in [2.24, 2.45) is 5.92 Å². The molecule has 2 aromatic rings. The zero-order valence-electron chi connectivity index (χ0n) is 18.5. The maximum atomic E-state index is 13.4. The number of halogens is 1. The predicted molar refractivity (Wildman–Crippen MR) is 118 cm³/mol. The van der Waals surface area contributed by atoms with Crippen LogP contribution in [0.5, 0.6) is 5.88 Å². The fourth-order valence-corrected chi connectivity index (χ4v) is 3.93. The molecule has 0 spiro atoms. The van der Waals surface area contributed by atoms with Crippen LogP contribution in [-0.2, 0) is 10.0 Å². The summed E-state index contributed by atoms with van der Waals surface area (Å²) in [5.41, 5.74) is 1.49. The summed E-state index contributed by atoms with van der Waals surface area (Å²) in [6.07, 6.45) is 2.08. The number of amides is 1. The number of carbonyl (C=O) groups excluding carboxylic acids is 1. The lowest BCUT2D eigenvalue weighted by Gasteiger charge is -2.37. The number of carbonyl (C=O) groups is 1. The second-order valence-electron chi connectivity index (χ2n) is 8.25. The SMILES string of the molecule is C[C@H](CO)N1C[C@H](C)[C@@H](CN(C)S(C)(=O)=O)Oc2ncc(-c3ccc(F)cc3)cc2C1=O. The van der Waals surface area contributed by atoms with Crippen molar-refractivity contribution in [1.82, 2.24) is 14.2 Å². The van der Waals surface area contributed by atoms with Gasteiger partial charge in [-0.05, 0) is 30.7 Å². The lowest BCUT2D eigenvalue weighted by atomic mass is 9.99. The van der Waals surface area contributed by atoms with Crippen LogP contribution in [0.1, 0.15) is 24.2 Å². The summed E-state index contributed by atoms with van der Waals surface area (Å²) in [5.74, 6) is -0.861. The van der Waals surface area contributed by atoms with E-state index >= 15 is 0 Å². The molecule has 1 N–H and O–H groups in total. The van der Waals surface area contributed by atoms with Gasteiger partial charge in [-0.3, -0.25) is 4.79 Å². The average Bonchev–Trinajstić information content (AvgIpc) is 2.75. The van der Waals surface area contributed by atoms with E-state index in [9.17, 15) is 22.7 Å². The van der Waals surface area contributed by atoms with E-state index in [0.29, 0.717) is 11.1 Å². The summed E-state index contributed by atoms with van der Waals surface area (Å²) >= 11 is 0. The minimum absolute atomic E-state index is 0.0797. The predicted octanol–water partition coefficient (Wildman–Crippen LogP) is 2.00. The largest absolute Gasteiger partial charge is 0.472 e. The van der Waals surface area contributed by atoms with Crippen LogP contribution in [0, 0.1) is 11.7 Å². The molecule has 8 nitrogen and oxygen atoms in total. The number of aliphatic hydroxyl groups excluding tert-OH is 1. The lowest BCUT2D eigenvalue weighted by Crippen LogP contribution is -2.50. The first-order valence-corrected chi connectivity index (χ1v) is 12.1. The molecule has 0 unspecified atom stereocenters. The van der Waals surface area contributed by atoms with Gasteiger partial charge in [0.2, 0.25) is 15.9 Å². The van der Waals surface area contributed by atoms with E-state index in [1.165, 1.54) is 29.7 Å². The Hall–Kier alpha value is -2.56. The van der Waals surface area contributed by atoms with Crippen LogP contribution in [0.3, 0.4) is 0 Å². The molecular weight excluding hydrogens is 437 g/mol. The molecule has 1 amide bonds. The first-order valence-electron chi connectivity index (χ1n) is 10.3. The number of ether oxygens (including phenoxy) is 1. The number of likely N-dealkylation sites (N-methyl/N-ethyl adjacent to an activating group) is 1. The summed E-state index contributed by atoms with van der Waals surface area (Å²) in [6, 6.07) is 6.99. The topological polar surface area (TPSA) is 100 Å². The van der Waals surface area contributed by atoms with Crippen molar-refractivity contribution in [2.75, 3.05) is 33.0 Å². The van der Waals surface area contributed by atoms with Gasteiger partial charge in [0.25, 0.3) is 5.91 Å².